The Kier molecular flexibility index (Phi) is 3.56. The van der Waals surface area contributed by atoms with Crippen molar-refractivity contribution in [2.24, 2.45) is 0 Å². The molecule has 2 rings (SSSR count). The maximum Gasteiger partial charge on any atom is 0.243 e. The monoisotopic (exact) mass is 274 g/mol. The molecule has 2 N–H and O–H groups in total. The molecule has 0 amide bonds. The molecular weight excluding hydrogens is 259 g/mol. The summed E-state index contributed by atoms with van der Waals surface area (Å²) >= 11 is 0. The van der Waals surface area contributed by atoms with E-state index in [9.17, 15) is 12.8 Å². The average Bonchev–Trinajstić information content (AvgIpc) is 2.28. The zero-order chi connectivity index (χ0) is 13.3. The van der Waals surface area contributed by atoms with Gasteiger partial charge in [-0.1, -0.05) is 0 Å². The van der Waals surface area contributed by atoms with Crippen molar-refractivity contribution in [3.63, 3.8) is 0 Å². The first kappa shape index (κ1) is 13.3. The first-order chi connectivity index (χ1) is 8.41. The van der Waals surface area contributed by atoms with Crippen LogP contribution < -0.4 is 5.73 Å². The van der Waals surface area contributed by atoms with Gasteiger partial charge in [0.1, 0.15) is 5.82 Å². The lowest BCUT2D eigenvalue weighted by Crippen LogP contribution is -2.46. The molecule has 1 aromatic carbocycles. The first-order valence-electron chi connectivity index (χ1n) is 5.57. The van der Waals surface area contributed by atoms with Gasteiger partial charge in [0.15, 0.2) is 0 Å². The first-order valence-corrected chi connectivity index (χ1v) is 7.01. The van der Waals surface area contributed by atoms with Crippen LogP contribution in [0.15, 0.2) is 23.1 Å². The molecule has 1 saturated heterocycles. The van der Waals surface area contributed by atoms with Crippen molar-refractivity contribution < 1.29 is 17.5 Å². The Morgan fingerprint density at radius 3 is 2.78 bits per heavy atom. The Morgan fingerprint density at radius 1 is 1.44 bits per heavy atom. The summed E-state index contributed by atoms with van der Waals surface area (Å²) < 4.78 is 44.4. The quantitative estimate of drug-likeness (QED) is 0.810. The van der Waals surface area contributed by atoms with E-state index < -0.39 is 15.8 Å². The van der Waals surface area contributed by atoms with Gasteiger partial charge in [-0.05, 0) is 25.1 Å². The van der Waals surface area contributed by atoms with Gasteiger partial charge in [0, 0.05) is 18.3 Å². The number of halogens is 1. The minimum Gasteiger partial charge on any atom is -0.399 e. The number of rotatable bonds is 2. The number of nitrogens with zero attached hydrogens (tertiary/aromatic N) is 1. The van der Waals surface area contributed by atoms with Crippen LogP contribution in [-0.4, -0.2) is 38.5 Å². The summed E-state index contributed by atoms with van der Waals surface area (Å²) in [5.41, 5.74) is 5.56. The molecule has 1 fully saturated rings. The van der Waals surface area contributed by atoms with Crippen LogP contribution in [-0.2, 0) is 14.8 Å². The number of nitrogens with two attached hydrogens (primary N) is 1. The van der Waals surface area contributed by atoms with Gasteiger partial charge in [-0.3, -0.25) is 0 Å². The molecule has 18 heavy (non-hydrogen) atoms. The highest BCUT2D eigenvalue weighted by Gasteiger charge is 2.31. The number of anilines is 1. The fourth-order valence-corrected chi connectivity index (χ4v) is 3.60. The molecular formula is C11H15FN2O3S. The second kappa shape index (κ2) is 4.83. The molecule has 1 heterocycles. The summed E-state index contributed by atoms with van der Waals surface area (Å²) in [5.74, 6) is -0.658. The third-order valence-corrected chi connectivity index (χ3v) is 4.80. The fourth-order valence-electron chi connectivity index (χ4n) is 1.94. The Bertz CT molecular complexity index is 527. The molecule has 0 spiro atoms. The smallest absolute Gasteiger partial charge is 0.243 e. The van der Waals surface area contributed by atoms with Gasteiger partial charge < -0.3 is 10.5 Å². The molecule has 100 valence electrons. The number of benzene rings is 1. The van der Waals surface area contributed by atoms with Crippen molar-refractivity contribution >= 4 is 15.7 Å². The van der Waals surface area contributed by atoms with Gasteiger partial charge in [0.05, 0.1) is 18.1 Å². The third-order valence-electron chi connectivity index (χ3n) is 2.81. The van der Waals surface area contributed by atoms with Gasteiger partial charge in [0.25, 0.3) is 0 Å². The van der Waals surface area contributed by atoms with E-state index in [0.29, 0.717) is 13.2 Å². The molecule has 1 unspecified atom stereocenters. The third kappa shape index (κ3) is 2.47. The van der Waals surface area contributed by atoms with Crippen LogP contribution in [0, 0.1) is 5.82 Å². The van der Waals surface area contributed by atoms with E-state index in [4.69, 9.17) is 10.5 Å². The highest BCUT2D eigenvalue weighted by Crippen LogP contribution is 2.23. The minimum absolute atomic E-state index is 0.0921. The van der Waals surface area contributed by atoms with Crippen molar-refractivity contribution in [2.45, 2.75) is 17.9 Å². The van der Waals surface area contributed by atoms with Crippen molar-refractivity contribution in [2.75, 3.05) is 25.5 Å². The second-order valence-corrected chi connectivity index (χ2v) is 6.15. The van der Waals surface area contributed by atoms with Crippen LogP contribution in [0.5, 0.6) is 0 Å². The van der Waals surface area contributed by atoms with Gasteiger partial charge in [-0.15, -0.1) is 0 Å². The van der Waals surface area contributed by atoms with Crippen LogP contribution >= 0.6 is 0 Å². The predicted octanol–water partition coefficient (Wildman–Crippen LogP) is 0.817. The molecule has 1 atom stereocenters. The number of sulfonamides is 1. The Hall–Kier alpha value is -1.18. The van der Waals surface area contributed by atoms with E-state index >= 15 is 0 Å². The standard InChI is InChI=1S/C11H15FN2O3S/c1-8-7-17-3-2-14(8)18(15,16)11-5-9(12)4-10(13)6-11/h4-6,8H,2-3,7,13H2,1H3. The average molecular weight is 274 g/mol. The van der Waals surface area contributed by atoms with E-state index in [1.807, 2.05) is 0 Å². The number of hydrogen-bond acceptors (Lipinski definition) is 4. The van der Waals surface area contributed by atoms with Gasteiger partial charge >= 0.3 is 0 Å². The molecule has 0 saturated carbocycles. The summed E-state index contributed by atoms with van der Waals surface area (Å²) in [6, 6.07) is 3.06. The van der Waals surface area contributed by atoms with Crippen LogP contribution in [0.3, 0.4) is 0 Å². The van der Waals surface area contributed by atoms with E-state index in [1.54, 1.807) is 6.92 Å². The molecule has 0 aromatic heterocycles. The predicted molar refractivity (Wildman–Crippen MR) is 65.0 cm³/mol. The van der Waals surface area contributed by atoms with E-state index in [-0.39, 0.29) is 23.2 Å². The Balaban J connectivity index is 2.40. The van der Waals surface area contributed by atoms with E-state index in [1.165, 1.54) is 10.4 Å². The van der Waals surface area contributed by atoms with Crippen molar-refractivity contribution in [3.8, 4) is 0 Å². The minimum atomic E-state index is -3.72. The lowest BCUT2D eigenvalue weighted by molar-refractivity contribution is 0.0392. The molecule has 1 aliphatic rings. The number of hydrogen-bond donors (Lipinski definition) is 1. The van der Waals surface area contributed by atoms with Crippen LogP contribution in [0.4, 0.5) is 10.1 Å². The Labute approximate surface area is 105 Å². The maximum atomic E-state index is 13.2. The van der Waals surface area contributed by atoms with Crippen LogP contribution in [0.1, 0.15) is 6.92 Å². The molecule has 0 radical (unpaired) electrons. The topological polar surface area (TPSA) is 72.6 Å². The van der Waals surface area contributed by atoms with Crippen molar-refractivity contribution in [3.05, 3.63) is 24.0 Å². The van der Waals surface area contributed by atoms with Crippen molar-refractivity contribution in [1.82, 2.24) is 4.31 Å². The Morgan fingerprint density at radius 2 is 2.17 bits per heavy atom. The highest BCUT2D eigenvalue weighted by molar-refractivity contribution is 7.89. The van der Waals surface area contributed by atoms with Crippen molar-refractivity contribution in [1.29, 1.82) is 0 Å². The number of nitrogen functional groups attached to an aromatic ring is 1. The highest BCUT2D eigenvalue weighted by atomic mass is 32.2. The summed E-state index contributed by atoms with van der Waals surface area (Å²) in [7, 11) is -3.72. The largest absolute Gasteiger partial charge is 0.399 e. The molecule has 1 aliphatic heterocycles. The number of morpholine rings is 1. The van der Waals surface area contributed by atoms with E-state index in [2.05, 4.69) is 0 Å². The molecule has 5 nitrogen and oxygen atoms in total. The van der Waals surface area contributed by atoms with Gasteiger partial charge in [-0.25, -0.2) is 12.8 Å². The molecule has 7 heteroatoms. The zero-order valence-corrected chi connectivity index (χ0v) is 10.8. The van der Waals surface area contributed by atoms with Gasteiger partial charge in [0.2, 0.25) is 10.0 Å². The maximum absolute atomic E-state index is 13.2. The fraction of sp³-hybridized carbons (Fsp3) is 0.455. The normalized spacial score (nSPS) is 22.0. The second-order valence-electron chi connectivity index (χ2n) is 4.26. The summed E-state index contributed by atoms with van der Waals surface area (Å²) in [6.45, 7) is 2.69. The summed E-state index contributed by atoms with van der Waals surface area (Å²) in [4.78, 5) is -0.117. The molecule has 0 aliphatic carbocycles. The van der Waals surface area contributed by atoms with Crippen LogP contribution in [0.2, 0.25) is 0 Å². The zero-order valence-electron chi connectivity index (χ0n) is 9.97. The lowest BCUT2D eigenvalue weighted by atomic mass is 10.3. The van der Waals surface area contributed by atoms with Gasteiger partial charge in [-0.2, -0.15) is 4.31 Å². The molecule has 0 bridgehead atoms. The summed E-state index contributed by atoms with van der Waals surface area (Å²) in [5, 5.41) is 0. The summed E-state index contributed by atoms with van der Waals surface area (Å²) in [6.07, 6.45) is 0. The van der Waals surface area contributed by atoms with Crippen LogP contribution in [0.25, 0.3) is 0 Å². The number of ether oxygens (including phenoxy) is 1. The molecule has 1 aromatic rings. The SMILES string of the molecule is CC1COCCN1S(=O)(=O)c1cc(N)cc(F)c1. The lowest BCUT2D eigenvalue weighted by Gasteiger charge is -2.32. The van der Waals surface area contributed by atoms with E-state index in [0.717, 1.165) is 12.1 Å².